The zero-order valence-electron chi connectivity index (χ0n) is 18.2. The summed E-state index contributed by atoms with van der Waals surface area (Å²) in [5, 5.41) is 10.5. The van der Waals surface area contributed by atoms with E-state index in [1.807, 2.05) is 6.07 Å². The van der Waals surface area contributed by atoms with Crippen LogP contribution in [0, 0.1) is 20.8 Å². The molecule has 2 heterocycles. The number of β-amino-alcohol motifs (C(OH)–C–C–N with tert-alkyl or cyclic N) is 1. The van der Waals surface area contributed by atoms with E-state index in [0.29, 0.717) is 19.9 Å². The summed E-state index contributed by atoms with van der Waals surface area (Å²) in [4.78, 5) is 4.76. The number of piperazine rings is 1. The highest BCUT2D eigenvalue weighted by Crippen LogP contribution is 2.33. The standard InChI is InChI=1S/C24H32N2O4/c1-17-10-18(2)24(19(3)11-17)28-15-21(27)14-26-8-6-25(7-9-26)13-20-4-5-22-23(12-20)30-16-29-22/h4-5,10-12,21,27H,6-9,13-16H2,1-3H3/t21-/m1/s1. The molecule has 6 nitrogen and oxygen atoms in total. The van der Waals surface area contributed by atoms with Crippen molar-refractivity contribution in [3.63, 3.8) is 0 Å². The second kappa shape index (κ2) is 9.25. The Morgan fingerprint density at radius 1 is 0.933 bits per heavy atom. The molecule has 1 saturated heterocycles. The number of nitrogens with zero attached hydrogens (tertiary/aromatic N) is 2. The second-order valence-corrected chi connectivity index (χ2v) is 8.46. The first-order chi connectivity index (χ1) is 14.5. The van der Waals surface area contributed by atoms with Gasteiger partial charge in [-0.3, -0.25) is 9.80 Å². The Bertz CT molecular complexity index is 854. The van der Waals surface area contributed by atoms with Crippen LogP contribution in [0.15, 0.2) is 30.3 Å². The van der Waals surface area contributed by atoms with Crippen molar-refractivity contribution in [2.24, 2.45) is 0 Å². The summed E-state index contributed by atoms with van der Waals surface area (Å²) in [5.74, 6) is 2.57. The molecule has 162 valence electrons. The van der Waals surface area contributed by atoms with Gasteiger partial charge in [0.15, 0.2) is 11.5 Å². The Morgan fingerprint density at radius 3 is 2.33 bits per heavy atom. The maximum atomic E-state index is 10.5. The van der Waals surface area contributed by atoms with Crippen LogP contribution in [0.3, 0.4) is 0 Å². The first-order valence-electron chi connectivity index (χ1n) is 10.7. The topological polar surface area (TPSA) is 54.4 Å². The van der Waals surface area contributed by atoms with Gasteiger partial charge in [-0.2, -0.15) is 0 Å². The van der Waals surface area contributed by atoms with E-state index < -0.39 is 6.10 Å². The lowest BCUT2D eigenvalue weighted by Crippen LogP contribution is -2.48. The van der Waals surface area contributed by atoms with Crippen LogP contribution in [0.1, 0.15) is 22.3 Å². The van der Waals surface area contributed by atoms with Crippen LogP contribution in [0.5, 0.6) is 17.2 Å². The van der Waals surface area contributed by atoms with Crippen molar-refractivity contribution in [2.45, 2.75) is 33.4 Å². The van der Waals surface area contributed by atoms with Crippen LogP contribution in [0.4, 0.5) is 0 Å². The van der Waals surface area contributed by atoms with E-state index in [1.54, 1.807) is 0 Å². The number of aliphatic hydroxyl groups excluding tert-OH is 1. The number of hydrogen-bond acceptors (Lipinski definition) is 6. The van der Waals surface area contributed by atoms with E-state index >= 15 is 0 Å². The van der Waals surface area contributed by atoms with Gasteiger partial charge in [0, 0.05) is 39.3 Å². The van der Waals surface area contributed by atoms with E-state index in [-0.39, 0.29) is 0 Å². The molecule has 1 atom stereocenters. The van der Waals surface area contributed by atoms with Gasteiger partial charge >= 0.3 is 0 Å². The minimum Gasteiger partial charge on any atom is -0.490 e. The highest BCUT2D eigenvalue weighted by Gasteiger charge is 2.21. The third-order valence-electron chi connectivity index (χ3n) is 5.80. The summed E-state index contributed by atoms with van der Waals surface area (Å²) >= 11 is 0. The first-order valence-corrected chi connectivity index (χ1v) is 10.7. The van der Waals surface area contributed by atoms with Gasteiger partial charge in [-0.25, -0.2) is 0 Å². The third kappa shape index (κ3) is 5.06. The van der Waals surface area contributed by atoms with Gasteiger partial charge < -0.3 is 19.3 Å². The molecule has 2 aliphatic rings. The zero-order valence-corrected chi connectivity index (χ0v) is 18.2. The minimum absolute atomic E-state index is 0.312. The van der Waals surface area contributed by atoms with E-state index in [1.165, 1.54) is 11.1 Å². The van der Waals surface area contributed by atoms with Crippen LogP contribution >= 0.6 is 0 Å². The molecule has 2 aromatic carbocycles. The largest absolute Gasteiger partial charge is 0.490 e. The number of ether oxygens (including phenoxy) is 3. The van der Waals surface area contributed by atoms with E-state index in [4.69, 9.17) is 14.2 Å². The average molecular weight is 413 g/mol. The molecule has 0 aromatic heterocycles. The Morgan fingerprint density at radius 2 is 1.60 bits per heavy atom. The summed E-state index contributed by atoms with van der Waals surface area (Å²) < 4.78 is 16.8. The van der Waals surface area contributed by atoms with E-state index in [2.05, 4.69) is 54.8 Å². The van der Waals surface area contributed by atoms with Crippen molar-refractivity contribution in [1.29, 1.82) is 0 Å². The third-order valence-corrected chi connectivity index (χ3v) is 5.80. The summed E-state index contributed by atoms with van der Waals surface area (Å²) in [6.45, 7) is 12.2. The van der Waals surface area contributed by atoms with Crippen LogP contribution in [-0.2, 0) is 6.54 Å². The Labute approximate surface area is 179 Å². The molecule has 0 spiro atoms. The first kappa shape index (κ1) is 21.0. The maximum absolute atomic E-state index is 10.5. The van der Waals surface area contributed by atoms with Crippen LogP contribution in [0.25, 0.3) is 0 Å². The number of aliphatic hydroxyl groups is 1. The van der Waals surface area contributed by atoms with E-state index in [0.717, 1.165) is 61.1 Å². The lowest BCUT2D eigenvalue weighted by atomic mass is 10.1. The SMILES string of the molecule is Cc1cc(C)c(OC[C@H](O)CN2CCN(Cc3ccc4c(c3)OCO4)CC2)c(C)c1. The minimum atomic E-state index is -0.495. The summed E-state index contributed by atoms with van der Waals surface area (Å²) in [6, 6.07) is 10.4. The molecular formula is C24H32N2O4. The van der Waals surface area contributed by atoms with Gasteiger partial charge in [0.1, 0.15) is 18.5 Å². The smallest absolute Gasteiger partial charge is 0.231 e. The predicted octanol–water partition coefficient (Wildman–Crippen LogP) is 2.90. The molecule has 0 radical (unpaired) electrons. The van der Waals surface area contributed by atoms with Gasteiger partial charge in [0.2, 0.25) is 6.79 Å². The molecule has 2 aromatic rings. The molecule has 1 fully saturated rings. The Kier molecular flexibility index (Phi) is 6.46. The van der Waals surface area contributed by atoms with E-state index in [9.17, 15) is 5.11 Å². The van der Waals surface area contributed by atoms with Gasteiger partial charge in [0.25, 0.3) is 0 Å². The number of aryl methyl sites for hydroxylation is 3. The van der Waals surface area contributed by atoms with Crippen LogP contribution < -0.4 is 14.2 Å². The lowest BCUT2D eigenvalue weighted by Gasteiger charge is -2.35. The van der Waals surface area contributed by atoms with Crippen molar-refractivity contribution >= 4 is 0 Å². The summed E-state index contributed by atoms with van der Waals surface area (Å²) in [5.41, 5.74) is 4.72. The second-order valence-electron chi connectivity index (χ2n) is 8.46. The molecule has 0 amide bonds. The van der Waals surface area contributed by atoms with Crippen molar-refractivity contribution < 1.29 is 19.3 Å². The molecular weight excluding hydrogens is 380 g/mol. The van der Waals surface area contributed by atoms with Crippen molar-refractivity contribution in [3.8, 4) is 17.2 Å². The molecule has 0 bridgehead atoms. The fourth-order valence-corrected chi connectivity index (χ4v) is 4.35. The predicted molar refractivity (Wildman–Crippen MR) is 116 cm³/mol. The Balaban J connectivity index is 1.21. The van der Waals surface area contributed by atoms with Crippen LogP contribution in [-0.4, -0.2) is 67.1 Å². The zero-order chi connectivity index (χ0) is 21.1. The lowest BCUT2D eigenvalue weighted by molar-refractivity contribution is 0.0443. The van der Waals surface area contributed by atoms with Gasteiger partial charge in [-0.15, -0.1) is 0 Å². The fourth-order valence-electron chi connectivity index (χ4n) is 4.35. The molecule has 1 N–H and O–H groups in total. The molecule has 6 heteroatoms. The average Bonchev–Trinajstić information content (AvgIpc) is 3.16. The highest BCUT2D eigenvalue weighted by molar-refractivity contribution is 5.44. The monoisotopic (exact) mass is 412 g/mol. The van der Waals surface area contributed by atoms with Gasteiger partial charge in [-0.1, -0.05) is 23.8 Å². The molecule has 30 heavy (non-hydrogen) atoms. The number of fused-ring (bicyclic) bond motifs is 1. The molecule has 0 unspecified atom stereocenters. The number of rotatable bonds is 7. The summed E-state index contributed by atoms with van der Waals surface area (Å²) in [7, 11) is 0. The van der Waals surface area contributed by atoms with Crippen LogP contribution in [0.2, 0.25) is 0 Å². The quantitative estimate of drug-likeness (QED) is 0.755. The number of benzene rings is 2. The Hall–Kier alpha value is -2.28. The maximum Gasteiger partial charge on any atom is 0.231 e. The van der Waals surface area contributed by atoms with Crippen molar-refractivity contribution in [2.75, 3.05) is 46.1 Å². The van der Waals surface area contributed by atoms with Crippen molar-refractivity contribution in [1.82, 2.24) is 9.80 Å². The fraction of sp³-hybridized carbons (Fsp3) is 0.500. The molecule has 4 rings (SSSR count). The van der Waals surface area contributed by atoms with Gasteiger partial charge in [-0.05, 0) is 49.6 Å². The molecule has 0 aliphatic carbocycles. The summed E-state index contributed by atoms with van der Waals surface area (Å²) in [6.07, 6.45) is -0.495. The number of hydrogen-bond donors (Lipinski definition) is 1. The van der Waals surface area contributed by atoms with Crippen molar-refractivity contribution in [3.05, 3.63) is 52.6 Å². The molecule has 0 saturated carbocycles. The highest BCUT2D eigenvalue weighted by atomic mass is 16.7. The normalized spacial score (nSPS) is 17.9. The van der Waals surface area contributed by atoms with Gasteiger partial charge in [0.05, 0.1) is 0 Å². The molecule has 2 aliphatic heterocycles.